The molecule has 0 spiro atoms. The lowest BCUT2D eigenvalue weighted by molar-refractivity contribution is -0.137. The van der Waals surface area contributed by atoms with Crippen molar-refractivity contribution in [3.05, 3.63) is 35.4 Å². The number of methoxy groups -OCH3 is 1. The second kappa shape index (κ2) is 8.72. The molecule has 2 N–H and O–H groups in total. The molecule has 1 rings (SSSR count). The minimum Gasteiger partial charge on any atom is -0.481 e. The minimum atomic E-state index is -0.779. The zero-order valence-corrected chi connectivity index (χ0v) is 12.6. The molecule has 0 saturated carbocycles. The number of hydrogen-bond acceptors (Lipinski definition) is 3. The first-order valence-electron chi connectivity index (χ1n) is 7.06. The zero-order chi connectivity index (χ0) is 15.0. The van der Waals surface area contributed by atoms with E-state index >= 15 is 0 Å². The van der Waals surface area contributed by atoms with E-state index in [1.807, 2.05) is 0 Å². The Kier molecular flexibility index (Phi) is 7.26. The maximum atomic E-state index is 10.9. The number of rotatable bonds is 9. The van der Waals surface area contributed by atoms with Gasteiger partial charge in [-0.3, -0.25) is 4.79 Å². The van der Waals surface area contributed by atoms with Crippen molar-refractivity contribution in [3.8, 4) is 0 Å². The van der Waals surface area contributed by atoms with Crippen molar-refractivity contribution in [1.82, 2.24) is 5.32 Å². The molecular weight excluding hydrogens is 254 g/mol. The summed E-state index contributed by atoms with van der Waals surface area (Å²) in [7, 11) is 1.64. The van der Waals surface area contributed by atoms with Crippen molar-refractivity contribution in [1.29, 1.82) is 0 Å². The molecule has 0 bridgehead atoms. The highest BCUT2D eigenvalue weighted by molar-refractivity contribution is 5.67. The third kappa shape index (κ3) is 6.17. The van der Waals surface area contributed by atoms with Gasteiger partial charge in [0.1, 0.15) is 0 Å². The molecule has 4 heteroatoms. The summed E-state index contributed by atoms with van der Waals surface area (Å²) in [5.41, 5.74) is 2.46. The lowest BCUT2D eigenvalue weighted by Gasteiger charge is -2.17. The van der Waals surface area contributed by atoms with Gasteiger partial charge in [0.2, 0.25) is 0 Å². The zero-order valence-electron chi connectivity index (χ0n) is 12.6. The van der Waals surface area contributed by atoms with Crippen LogP contribution in [0.4, 0.5) is 0 Å². The lowest BCUT2D eigenvalue weighted by Crippen LogP contribution is -2.35. The van der Waals surface area contributed by atoms with E-state index in [0.29, 0.717) is 25.5 Å². The molecule has 0 heterocycles. The molecule has 0 aliphatic heterocycles. The van der Waals surface area contributed by atoms with E-state index in [2.05, 4.69) is 43.4 Å². The molecule has 112 valence electrons. The van der Waals surface area contributed by atoms with E-state index in [1.165, 1.54) is 5.56 Å². The smallest absolute Gasteiger partial charge is 0.304 e. The van der Waals surface area contributed by atoms with E-state index in [-0.39, 0.29) is 12.5 Å². The third-order valence-corrected chi connectivity index (χ3v) is 3.29. The average molecular weight is 279 g/mol. The molecule has 20 heavy (non-hydrogen) atoms. The molecule has 1 atom stereocenters. The van der Waals surface area contributed by atoms with Crippen molar-refractivity contribution >= 4 is 5.97 Å². The Morgan fingerprint density at radius 1 is 1.30 bits per heavy atom. The van der Waals surface area contributed by atoms with Gasteiger partial charge in [0, 0.05) is 19.7 Å². The fraction of sp³-hybridized carbons (Fsp3) is 0.562. The van der Waals surface area contributed by atoms with Crippen molar-refractivity contribution in [2.45, 2.75) is 38.6 Å². The number of aliphatic carboxylic acids is 1. The number of carbonyl (C=O) groups is 1. The highest BCUT2D eigenvalue weighted by Gasteiger charge is 2.13. The lowest BCUT2D eigenvalue weighted by atomic mass is 9.98. The standard InChI is InChI=1S/C16H25NO3/c1-12(2)14-6-4-13(5-7-14)10-15(11-16(18)19)17-8-9-20-3/h4-7,12,15,17H,8-11H2,1-3H3,(H,18,19). The van der Waals surface area contributed by atoms with Crippen LogP contribution in [0.5, 0.6) is 0 Å². The molecule has 0 fully saturated rings. The Morgan fingerprint density at radius 2 is 1.95 bits per heavy atom. The van der Waals surface area contributed by atoms with E-state index in [9.17, 15) is 4.79 Å². The second-order valence-electron chi connectivity index (χ2n) is 5.34. The van der Waals surface area contributed by atoms with Gasteiger partial charge in [0.15, 0.2) is 0 Å². The van der Waals surface area contributed by atoms with Crippen LogP contribution in [0, 0.1) is 0 Å². The summed E-state index contributed by atoms with van der Waals surface area (Å²) in [6.07, 6.45) is 0.837. The van der Waals surface area contributed by atoms with Crippen LogP contribution < -0.4 is 5.32 Å². The fourth-order valence-corrected chi connectivity index (χ4v) is 2.12. The monoisotopic (exact) mass is 279 g/mol. The van der Waals surface area contributed by atoms with Gasteiger partial charge in [-0.2, -0.15) is 0 Å². The Bertz CT molecular complexity index is 401. The van der Waals surface area contributed by atoms with Gasteiger partial charge in [-0.1, -0.05) is 38.1 Å². The summed E-state index contributed by atoms with van der Waals surface area (Å²) in [5.74, 6) is -0.266. The van der Waals surface area contributed by atoms with E-state index in [4.69, 9.17) is 9.84 Å². The van der Waals surface area contributed by atoms with Crippen molar-refractivity contribution < 1.29 is 14.6 Å². The van der Waals surface area contributed by atoms with E-state index in [1.54, 1.807) is 7.11 Å². The van der Waals surface area contributed by atoms with Crippen LogP contribution in [0.2, 0.25) is 0 Å². The molecule has 0 amide bonds. The van der Waals surface area contributed by atoms with Crippen LogP contribution in [-0.2, 0) is 16.0 Å². The molecule has 1 aromatic carbocycles. The summed E-state index contributed by atoms with van der Waals surface area (Å²) in [6, 6.07) is 8.34. The molecule has 0 radical (unpaired) electrons. The van der Waals surface area contributed by atoms with Crippen LogP contribution in [0.15, 0.2) is 24.3 Å². The summed E-state index contributed by atoms with van der Waals surface area (Å²) in [4.78, 5) is 10.9. The van der Waals surface area contributed by atoms with Crippen molar-refractivity contribution in [2.75, 3.05) is 20.3 Å². The van der Waals surface area contributed by atoms with Crippen LogP contribution >= 0.6 is 0 Å². The first-order chi connectivity index (χ1) is 9.52. The highest BCUT2D eigenvalue weighted by atomic mass is 16.5. The Morgan fingerprint density at radius 3 is 2.45 bits per heavy atom. The Labute approximate surface area is 121 Å². The van der Waals surface area contributed by atoms with Gasteiger partial charge in [0.25, 0.3) is 0 Å². The largest absolute Gasteiger partial charge is 0.481 e. The van der Waals surface area contributed by atoms with E-state index in [0.717, 1.165) is 5.56 Å². The van der Waals surface area contributed by atoms with Gasteiger partial charge < -0.3 is 15.2 Å². The van der Waals surface area contributed by atoms with Crippen LogP contribution in [0.1, 0.15) is 37.3 Å². The summed E-state index contributed by atoms with van der Waals surface area (Å²) >= 11 is 0. The highest BCUT2D eigenvalue weighted by Crippen LogP contribution is 2.16. The molecule has 0 aliphatic carbocycles. The molecule has 0 aliphatic rings. The number of hydrogen-bond donors (Lipinski definition) is 2. The Hall–Kier alpha value is -1.39. The number of benzene rings is 1. The quantitative estimate of drug-likeness (QED) is 0.682. The normalized spacial score (nSPS) is 12.6. The van der Waals surface area contributed by atoms with E-state index < -0.39 is 5.97 Å². The number of ether oxygens (including phenoxy) is 1. The first kappa shape index (κ1) is 16.7. The number of carboxylic acid groups (broad SMARTS) is 1. The van der Waals surface area contributed by atoms with Crippen LogP contribution in [0.3, 0.4) is 0 Å². The molecule has 0 saturated heterocycles. The van der Waals surface area contributed by atoms with Gasteiger partial charge in [-0.05, 0) is 23.5 Å². The minimum absolute atomic E-state index is 0.0625. The van der Waals surface area contributed by atoms with Gasteiger partial charge in [-0.15, -0.1) is 0 Å². The predicted octanol–water partition coefficient (Wildman–Crippen LogP) is 2.43. The molecular formula is C16H25NO3. The summed E-state index contributed by atoms with van der Waals surface area (Å²) < 4.78 is 4.98. The topological polar surface area (TPSA) is 58.6 Å². The average Bonchev–Trinajstić information content (AvgIpc) is 2.38. The molecule has 0 aromatic heterocycles. The summed E-state index contributed by atoms with van der Waals surface area (Å²) in [6.45, 7) is 5.57. The molecule has 1 aromatic rings. The second-order valence-corrected chi connectivity index (χ2v) is 5.34. The van der Waals surface area contributed by atoms with Crippen LogP contribution in [-0.4, -0.2) is 37.4 Å². The first-order valence-corrected chi connectivity index (χ1v) is 7.06. The van der Waals surface area contributed by atoms with Crippen molar-refractivity contribution in [2.24, 2.45) is 0 Å². The maximum Gasteiger partial charge on any atom is 0.304 e. The van der Waals surface area contributed by atoms with Gasteiger partial charge in [0.05, 0.1) is 13.0 Å². The van der Waals surface area contributed by atoms with Gasteiger partial charge in [-0.25, -0.2) is 0 Å². The predicted molar refractivity (Wildman–Crippen MR) is 80.2 cm³/mol. The third-order valence-electron chi connectivity index (χ3n) is 3.29. The number of carboxylic acids is 1. The maximum absolute atomic E-state index is 10.9. The van der Waals surface area contributed by atoms with Crippen LogP contribution in [0.25, 0.3) is 0 Å². The fourth-order valence-electron chi connectivity index (χ4n) is 2.12. The van der Waals surface area contributed by atoms with Gasteiger partial charge >= 0.3 is 5.97 Å². The molecule has 1 unspecified atom stereocenters. The SMILES string of the molecule is COCCNC(CC(=O)O)Cc1ccc(C(C)C)cc1. The summed E-state index contributed by atoms with van der Waals surface area (Å²) in [5, 5.41) is 12.2. The molecule has 4 nitrogen and oxygen atoms in total. The Balaban J connectivity index is 2.60. The van der Waals surface area contributed by atoms with Crippen molar-refractivity contribution in [3.63, 3.8) is 0 Å². The number of nitrogens with one attached hydrogen (secondary N) is 1.